The number of hydrogen-bond acceptors (Lipinski definition) is 8. The summed E-state index contributed by atoms with van der Waals surface area (Å²) in [6.45, 7) is 2.25. The number of carbonyl (C=O) groups is 2. The molecule has 3 aromatic rings. The third kappa shape index (κ3) is 7.29. The first kappa shape index (κ1) is 31.6. The van der Waals surface area contributed by atoms with Crippen molar-refractivity contribution in [2.45, 2.75) is 68.5 Å². The van der Waals surface area contributed by atoms with Gasteiger partial charge in [-0.15, -0.1) is 0 Å². The molecule has 2 aliphatic rings. The second-order valence-electron chi connectivity index (χ2n) is 11.3. The normalized spacial score (nSPS) is 21.6. The Morgan fingerprint density at radius 3 is 2.36 bits per heavy atom. The van der Waals surface area contributed by atoms with Gasteiger partial charge in [0.2, 0.25) is 10.0 Å². The van der Waals surface area contributed by atoms with Crippen molar-refractivity contribution in [3.05, 3.63) is 95.6 Å². The number of Topliss-reactive ketones (excluding diaryl/α,β-unsaturated/α-hetero) is 1. The van der Waals surface area contributed by atoms with Gasteiger partial charge >= 0.3 is 6.09 Å². The number of ketones is 1. The Balaban J connectivity index is 1.31. The number of aliphatic hydroxyl groups excluding tert-OH is 1. The molecule has 44 heavy (non-hydrogen) atoms. The van der Waals surface area contributed by atoms with E-state index in [1.165, 1.54) is 4.31 Å². The summed E-state index contributed by atoms with van der Waals surface area (Å²) in [5.41, 5.74) is 2.77. The van der Waals surface area contributed by atoms with E-state index in [2.05, 4.69) is 0 Å². The zero-order valence-corrected chi connectivity index (χ0v) is 25.7. The lowest BCUT2D eigenvalue weighted by molar-refractivity contribution is -0.136. The molecule has 1 unspecified atom stereocenters. The van der Waals surface area contributed by atoms with Gasteiger partial charge in [-0.05, 0) is 61.6 Å². The van der Waals surface area contributed by atoms with Crippen molar-refractivity contribution < 1.29 is 37.3 Å². The molecule has 1 amide bonds. The van der Waals surface area contributed by atoms with Gasteiger partial charge in [-0.1, -0.05) is 60.2 Å². The molecule has 0 saturated carbocycles. The molecule has 2 heterocycles. The molecule has 0 aliphatic carbocycles. The van der Waals surface area contributed by atoms with E-state index in [9.17, 15) is 23.1 Å². The maximum absolute atomic E-state index is 13.9. The number of amides is 1. The number of nitrogens with zero attached hydrogens (tertiary/aromatic N) is 2. The van der Waals surface area contributed by atoms with Gasteiger partial charge in [-0.3, -0.25) is 9.69 Å². The quantitative estimate of drug-likeness (QED) is 0.321. The number of ether oxygens (including phenoxy) is 3. The minimum atomic E-state index is -4.01. The molecular formula is C33H38N2O8S. The number of aliphatic hydroxyl groups is 1. The van der Waals surface area contributed by atoms with Gasteiger partial charge in [-0.25, -0.2) is 13.2 Å². The van der Waals surface area contributed by atoms with Crippen LogP contribution in [0.25, 0.3) is 0 Å². The van der Waals surface area contributed by atoms with Crippen LogP contribution in [0.2, 0.25) is 0 Å². The van der Waals surface area contributed by atoms with Crippen LogP contribution in [0.15, 0.2) is 83.8 Å². The number of carbonyl (C=O) groups excluding carboxylic acids is 2. The Hall–Kier alpha value is -3.77. The van der Waals surface area contributed by atoms with Crippen LogP contribution in [0.3, 0.4) is 0 Å². The Morgan fingerprint density at radius 2 is 1.68 bits per heavy atom. The van der Waals surface area contributed by atoms with Crippen LogP contribution in [0, 0.1) is 6.92 Å². The van der Waals surface area contributed by atoms with Crippen molar-refractivity contribution >= 4 is 21.9 Å². The summed E-state index contributed by atoms with van der Waals surface area (Å²) in [6.07, 6.45) is -1.93. The van der Waals surface area contributed by atoms with Crippen molar-refractivity contribution in [1.82, 2.24) is 9.21 Å². The molecule has 1 N–H and O–H groups in total. The average molecular weight is 623 g/mol. The maximum Gasteiger partial charge on any atom is 0.412 e. The zero-order chi connectivity index (χ0) is 31.3. The molecule has 0 spiro atoms. The van der Waals surface area contributed by atoms with E-state index in [1.54, 1.807) is 31.4 Å². The lowest BCUT2D eigenvalue weighted by Crippen LogP contribution is -2.53. The van der Waals surface area contributed by atoms with E-state index in [0.29, 0.717) is 19.3 Å². The Morgan fingerprint density at radius 1 is 0.977 bits per heavy atom. The van der Waals surface area contributed by atoms with Gasteiger partial charge in [-0.2, -0.15) is 4.31 Å². The zero-order valence-electron chi connectivity index (χ0n) is 24.9. The molecule has 3 aromatic carbocycles. The predicted octanol–water partition coefficient (Wildman–Crippen LogP) is 4.08. The standard InChI is InChI=1S/C33H38N2O8S/c1-23-8-16-30(17-9-23)44(39,40)34-20-29(42-21-25-10-13-28(41-2)14-11-25)15-12-26(34)19-31(36)32(37)35-27(22-43-33(35)38)18-24-6-4-3-5-7-24/h3-11,13-14,16-17,26-27,29,32,37H,12,15,18-22H2,1-2H3/t26-,27-,29+,32?/m0/s1. The van der Waals surface area contributed by atoms with Gasteiger partial charge in [0.25, 0.3) is 0 Å². The van der Waals surface area contributed by atoms with Crippen LogP contribution in [0.4, 0.5) is 4.79 Å². The highest BCUT2D eigenvalue weighted by molar-refractivity contribution is 7.89. The number of cyclic esters (lactones) is 1. The molecule has 10 nitrogen and oxygen atoms in total. The lowest BCUT2D eigenvalue weighted by atomic mass is 9.97. The van der Waals surface area contributed by atoms with Gasteiger partial charge in [0.15, 0.2) is 12.0 Å². The molecule has 2 saturated heterocycles. The fourth-order valence-corrected chi connectivity index (χ4v) is 7.37. The summed E-state index contributed by atoms with van der Waals surface area (Å²) in [6, 6.07) is 22.2. The minimum Gasteiger partial charge on any atom is -0.497 e. The number of aryl methyl sites for hydroxylation is 1. The Bertz CT molecular complexity index is 1530. The average Bonchev–Trinajstić information content (AvgIpc) is 3.40. The van der Waals surface area contributed by atoms with E-state index in [4.69, 9.17) is 14.2 Å². The first-order valence-corrected chi connectivity index (χ1v) is 16.1. The summed E-state index contributed by atoms with van der Waals surface area (Å²) in [4.78, 5) is 27.2. The molecule has 234 valence electrons. The van der Waals surface area contributed by atoms with Crippen LogP contribution < -0.4 is 4.74 Å². The van der Waals surface area contributed by atoms with Crippen LogP contribution in [0.5, 0.6) is 5.75 Å². The summed E-state index contributed by atoms with van der Waals surface area (Å²) < 4.78 is 45.7. The van der Waals surface area contributed by atoms with Crippen molar-refractivity contribution in [1.29, 1.82) is 0 Å². The SMILES string of the molecule is COc1ccc(CO[C@@H]2CC[C@@H](CC(=O)C(O)N3C(=O)OC[C@@H]3Cc3ccccc3)N(S(=O)(=O)c3ccc(C)cc3)C2)cc1. The highest BCUT2D eigenvalue weighted by Crippen LogP contribution is 2.31. The molecule has 0 aromatic heterocycles. The lowest BCUT2D eigenvalue weighted by Gasteiger charge is -2.39. The highest BCUT2D eigenvalue weighted by atomic mass is 32.2. The number of rotatable bonds is 12. The third-order valence-electron chi connectivity index (χ3n) is 8.19. The molecular weight excluding hydrogens is 584 g/mol. The topological polar surface area (TPSA) is 123 Å². The molecule has 5 rings (SSSR count). The van der Waals surface area contributed by atoms with Gasteiger partial charge in [0.05, 0.1) is 30.8 Å². The first-order valence-electron chi connectivity index (χ1n) is 14.7. The van der Waals surface area contributed by atoms with Crippen molar-refractivity contribution in [3.8, 4) is 5.75 Å². The largest absolute Gasteiger partial charge is 0.497 e. The maximum atomic E-state index is 13.9. The van der Waals surface area contributed by atoms with E-state index >= 15 is 0 Å². The van der Waals surface area contributed by atoms with Gasteiger partial charge in [0, 0.05) is 19.0 Å². The number of piperidine rings is 1. The van der Waals surface area contributed by atoms with Gasteiger partial charge < -0.3 is 19.3 Å². The summed E-state index contributed by atoms with van der Waals surface area (Å²) in [5.74, 6) is 0.0821. The smallest absolute Gasteiger partial charge is 0.412 e. The molecule has 2 aliphatic heterocycles. The van der Waals surface area contributed by atoms with Crippen LogP contribution in [-0.2, 0) is 37.3 Å². The van der Waals surface area contributed by atoms with Crippen LogP contribution in [-0.4, -0.2) is 79.3 Å². The number of sulfonamides is 1. The number of hydrogen-bond donors (Lipinski definition) is 1. The molecule has 2 fully saturated rings. The summed E-state index contributed by atoms with van der Waals surface area (Å²) in [5, 5.41) is 11.1. The van der Waals surface area contributed by atoms with E-state index in [0.717, 1.165) is 27.3 Å². The fraction of sp³-hybridized carbons (Fsp3) is 0.394. The van der Waals surface area contributed by atoms with Crippen molar-refractivity contribution in [3.63, 3.8) is 0 Å². The molecule has 0 radical (unpaired) electrons. The molecule has 4 atom stereocenters. The second-order valence-corrected chi connectivity index (χ2v) is 13.2. The van der Waals surface area contributed by atoms with E-state index < -0.39 is 46.3 Å². The molecule has 0 bridgehead atoms. The van der Waals surface area contributed by atoms with E-state index in [-0.39, 0.29) is 31.1 Å². The van der Waals surface area contributed by atoms with Crippen molar-refractivity contribution in [2.75, 3.05) is 20.3 Å². The van der Waals surface area contributed by atoms with Crippen LogP contribution in [0.1, 0.15) is 36.0 Å². The van der Waals surface area contributed by atoms with Crippen LogP contribution >= 0.6 is 0 Å². The Kier molecular flexibility index (Phi) is 10.00. The third-order valence-corrected chi connectivity index (χ3v) is 10.1. The monoisotopic (exact) mass is 622 g/mol. The molecule has 11 heteroatoms. The predicted molar refractivity (Wildman–Crippen MR) is 162 cm³/mol. The fourth-order valence-electron chi connectivity index (χ4n) is 5.69. The second kappa shape index (κ2) is 13.9. The van der Waals surface area contributed by atoms with Crippen molar-refractivity contribution in [2.24, 2.45) is 0 Å². The summed E-state index contributed by atoms with van der Waals surface area (Å²) in [7, 11) is -2.41. The van der Waals surface area contributed by atoms with E-state index in [1.807, 2.05) is 61.5 Å². The number of benzene rings is 3. The number of methoxy groups -OCH3 is 1. The Labute approximate surface area is 258 Å². The minimum absolute atomic E-state index is 0.0443. The highest BCUT2D eigenvalue weighted by Gasteiger charge is 2.43. The van der Waals surface area contributed by atoms with Gasteiger partial charge in [0.1, 0.15) is 12.4 Å². The summed E-state index contributed by atoms with van der Waals surface area (Å²) >= 11 is 0. The first-order chi connectivity index (χ1) is 21.2.